The molecular weight excluding hydrogens is 961 g/mol. The van der Waals surface area contributed by atoms with Crippen molar-refractivity contribution < 1.29 is 4.42 Å². The van der Waals surface area contributed by atoms with Gasteiger partial charge in [-0.3, -0.25) is 0 Å². The Hall–Kier alpha value is -9.08. The van der Waals surface area contributed by atoms with Crippen LogP contribution in [0.2, 0.25) is 0 Å². The molecule has 346 valence electrons. The van der Waals surface area contributed by atoms with Crippen molar-refractivity contribution in [3.8, 4) is 55.6 Å². The predicted molar refractivity (Wildman–Crippen MR) is 320 cm³/mol. The van der Waals surface area contributed by atoms with Crippen molar-refractivity contribution in [2.75, 3.05) is 0 Å². The van der Waals surface area contributed by atoms with Crippen LogP contribution >= 0.6 is 15.9 Å². The van der Waals surface area contributed by atoms with Gasteiger partial charge in [0.25, 0.3) is 0 Å². The normalized spacial score (nSPS) is 11.6. The van der Waals surface area contributed by atoms with E-state index in [1.54, 1.807) is 0 Å². The van der Waals surface area contributed by atoms with Gasteiger partial charge in [-0.05, 0) is 145 Å². The van der Waals surface area contributed by atoms with Crippen LogP contribution in [0.1, 0.15) is 0 Å². The number of fused-ring (bicyclic) bond motifs is 11. The minimum absolute atomic E-state index is 0.916. The highest BCUT2D eigenvalue weighted by atomic mass is 79.9. The lowest BCUT2D eigenvalue weighted by atomic mass is 9.84. The van der Waals surface area contributed by atoms with E-state index in [4.69, 9.17) is 4.42 Å². The molecule has 0 radical (unpaired) electrons. The molecule has 0 saturated heterocycles. The van der Waals surface area contributed by atoms with E-state index in [2.05, 4.69) is 289 Å². The van der Waals surface area contributed by atoms with Gasteiger partial charge in [-0.1, -0.05) is 259 Å². The molecular formula is C72H45BrO. The van der Waals surface area contributed by atoms with Crippen molar-refractivity contribution in [2.24, 2.45) is 0 Å². The summed E-state index contributed by atoms with van der Waals surface area (Å²) in [6, 6.07) is 98.2. The lowest BCUT2D eigenvalue weighted by Gasteiger charge is -2.19. The fourth-order valence-electron chi connectivity index (χ4n) is 11.8. The summed E-state index contributed by atoms with van der Waals surface area (Å²) in [6.07, 6.45) is 0. The Balaban J connectivity index is 0.000000159. The maximum absolute atomic E-state index is 6.84. The van der Waals surface area contributed by atoms with Gasteiger partial charge in [0.05, 0.1) is 0 Å². The zero-order valence-electron chi connectivity index (χ0n) is 40.3. The third-order valence-electron chi connectivity index (χ3n) is 14.9. The summed E-state index contributed by atoms with van der Waals surface area (Å²) in [5, 5.41) is 17.3. The van der Waals surface area contributed by atoms with Crippen LogP contribution in [0.3, 0.4) is 0 Å². The molecule has 1 aromatic heterocycles. The van der Waals surface area contributed by atoms with Crippen molar-refractivity contribution in [2.45, 2.75) is 0 Å². The third kappa shape index (κ3) is 7.29. The predicted octanol–water partition coefficient (Wildman–Crippen LogP) is 21.3. The van der Waals surface area contributed by atoms with Gasteiger partial charge in [0.2, 0.25) is 0 Å². The van der Waals surface area contributed by atoms with Crippen LogP contribution in [0.5, 0.6) is 0 Å². The Morgan fingerprint density at radius 1 is 0.243 bits per heavy atom. The first kappa shape index (κ1) is 43.7. The molecule has 0 bridgehead atoms. The molecule has 0 unspecified atom stereocenters. The van der Waals surface area contributed by atoms with Gasteiger partial charge >= 0.3 is 0 Å². The van der Waals surface area contributed by atoms with Crippen molar-refractivity contribution in [1.29, 1.82) is 0 Å². The first-order valence-corrected chi connectivity index (χ1v) is 26.1. The minimum Gasteiger partial charge on any atom is -0.455 e. The van der Waals surface area contributed by atoms with Crippen LogP contribution in [-0.4, -0.2) is 0 Å². The zero-order valence-corrected chi connectivity index (χ0v) is 41.9. The molecule has 0 saturated carbocycles. The van der Waals surface area contributed by atoms with Crippen LogP contribution in [0, 0.1) is 0 Å². The average Bonchev–Trinajstić information content (AvgIpc) is 3.92. The van der Waals surface area contributed by atoms with Gasteiger partial charge in [0, 0.05) is 20.8 Å². The van der Waals surface area contributed by atoms with E-state index >= 15 is 0 Å². The molecule has 15 aromatic rings. The van der Waals surface area contributed by atoms with Gasteiger partial charge < -0.3 is 4.42 Å². The highest BCUT2D eigenvalue weighted by Gasteiger charge is 2.22. The molecule has 74 heavy (non-hydrogen) atoms. The number of rotatable bonds is 5. The van der Waals surface area contributed by atoms with E-state index in [1.807, 2.05) is 0 Å². The Labute approximate surface area is 437 Å². The van der Waals surface area contributed by atoms with Crippen molar-refractivity contribution in [3.05, 3.63) is 277 Å². The monoisotopic (exact) mass is 1000 g/mol. The quantitative estimate of drug-likeness (QED) is 0.157. The molecule has 0 amide bonds. The van der Waals surface area contributed by atoms with Gasteiger partial charge in [-0.15, -0.1) is 0 Å². The second-order valence-electron chi connectivity index (χ2n) is 19.1. The van der Waals surface area contributed by atoms with Gasteiger partial charge in [-0.2, -0.15) is 0 Å². The van der Waals surface area contributed by atoms with Gasteiger partial charge in [0.15, 0.2) is 0 Å². The second-order valence-corrected chi connectivity index (χ2v) is 20.0. The van der Waals surface area contributed by atoms with Crippen LogP contribution in [0.4, 0.5) is 0 Å². The van der Waals surface area contributed by atoms with Crippen LogP contribution in [0.25, 0.3) is 142 Å². The number of hydrogen-bond acceptors (Lipinski definition) is 1. The van der Waals surface area contributed by atoms with Crippen molar-refractivity contribution in [3.63, 3.8) is 0 Å². The lowest BCUT2D eigenvalue weighted by Crippen LogP contribution is -1.92. The van der Waals surface area contributed by atoms with E-state index in [9.17, 15) is 0 Å². The summed E-state index contributed by atoms with van der Waals surface area (Å²) in [5.74, 6) is 0. The molecule has 1 heterocycles. The Kier molecular flexibility index (Phi) is 10.7. The largest absolute Gasteiger partial charge is 0.455 e. The standard InChI is InChI=1S/C46H28O.C26H17Br/c1-3-14-30(15-4-1)42-36-21-11-12-22-37(36)43(31-16-5-2-6-17-31)40-28-33(23-25-38(40)42)39-27-32-18-8-10-20-35(32)45-44-34-19-9-7-13-29(34)24-26-41(44)47-46(39)45;27-20-15-16-23-24(17-20)26(19-11-5-2-6-12-19)22-14-8-7-13-21(22)25(23)18-9-3-1-4-10-18/h1-28H;1-17H. The third-order valence-corrected chi connectivity index (χ3v) is 15.4. The van der Waals surface area contributed by atoms with E-state index in [1.165, 1.54) is 120 Å². The number of benzene rings is 14. The molecule has 0 spiro atoms. The number of furan rings is 1. The molecule has 0 aliphatic carbocycles. The van der Waals surface area contributed by atoms with Gasteiger partial charge in [0.1, 0.15) is 11.2 Å². The molecule has 0 fully saturated rings. The van der Waals surface area contributed by atoms with Crippen LogP contribution in [0.15, 0.2) is 282 Å². The molecule has 1 nitrogen and oxygen atoms in total. The average molecular weight is 1010 g/mol. The molecule has 0 aliphatic heterocycles. The molecule has 0 N–H and O–H groups in total. The van der Waals surface area contributed by atoms with E-state index in [0.717, 1.165) is 26.8 Å². The zero-order chi connectivity index (χ0) is 49.1. The maximum Gasteiger partial charge on any atom is 0.143 e. The summed E-state index contributed by atoms with van der Waals surface area (Å²) >= 11 is 3.68. The minimum atomic E-state index is 0.916. The lowest BCUT2D eigenvalue weighted by molar-refractivity contribution is 0.670. The smallest absolute Gasteiger partial charge is 0.143 e. The molecule has 0 aliphatic rings. The van der Waals surface area contributed by atoms with Crippen LogP contribution in [-0.2, 0) is 0 Å². The molecule has 14 aromatic carbocycles. The van der Waals surface area contributed by atoms with Gasteiger partial charge in [-0.25, -0.2) is 0 Å². The summed E-state index contributed by atoms with van der Waals surface area (Å²) < 4.78 is 7.94. The fraction of sp³-hybridized carbons (Fsp3) is 0. The van der Waals surface area contributed by atoms with Crippen molar-refractivity contribution >= 4 is 103 Å². The Morgan fingerprint density at radius 3 is 1.12 bits per heavy atom. The highest BCUT2D eigenvalue weighted by molar-refractivity contribution is 9.10. The molecule has 0 atom stereocenters. The first-order chi connectivity index (χ1) is 36.7. The Bertz CT molecular complexity index is 4640. The summed E-state index contributed by atoms with van der Waals surface area (Å²) in [5.41, 5.74) is 14.1. The topological polar surface area (TPSA) is 13.1 Å². The summed E-state index contributed by atoms with van der Waals surface area (Å²) in [6.45, 7) is 0. The van der Waals surface area contributed by atoms with Crippen molar-refractivity contribution in [1.82, 2.24) is 0 Å². The fourth-order valence-corrected chi connectivity index (χ4v) is 12.1. The highest BCUT2D eigenvalue weighted by Crippen LogP contribution is 2.49. The summed E-state index contributed by atoms with van der Waals surface area (Å²) in [7, 11) is 0. The summed E-state index contributed by atoms with van der Waals surface area (Å²) in [4.78, 5) is 0. The molecule has 15 rings (SSSR count). The number of hydrogen-bond donors (Lipinski definition) is 0. The second kappa shape index (κ2) is 18.2. The first-order valence-electron chi connectivity index (χ1n) is 25.3. The molecule has 2 heteroatoms. The van der Waals surface area contributed by atoms with E-state index in [0.29, 0.717) is 0 Å². The van der Waals surface area contributed by atoms with E-state index < -0.39 is 0 Å². The van der Waals surface area contributed by atoms with Crippen LogP contribution < -0.4 is 0 Å². The SMILES string of the molecule is Brc1ccc2c(-c3ccccc3)c3ccccc3c(-c3ccccc3)c2c1.c1ccc(-c2c3ccccc3c(-c3ccccc3)c3cc(-c4cc5ccccc5c5c4oc4ccc6ccccc6c45)ccc23)cc1. The Morgan fingerprint density at radius 2 is 0.622 bits per heavy atom. The van der Waals surface area contributed by atoms with E-state index in [-0.39, 0.29) is 0 Å². The maximum atomic E-state index is 6.84. The number of halogens is 1.